The molecule has 0 aliphatic carbocycles. The fraction of sp³-hybridized carbons (Fsp3) is 1.00. The van der Waals surface area contributed by atoms with Crippen LogP contribution in [0, 0.1) is 0 Å². The summed E-state index contributed by atoms with van der Waals surface area (Å²) >= 11 is 0. The summed E-state index contributed by atoms with van der Waals surface area (Å²) in [5.41, 5.74) is 0. The Morgan fingerprint density at radius 3 is 2.50 bits per heavy atom. The molecule has 1 rings (SSSR count). The predicted molar refractivity (Wildman–Crippen MR) is 62.7 cm³/mol. The minimum Gasteiger partial charge on any atom is -0.380 e. The highest BCUT2D eigenvalue weighted by Gasteiger charge is 2.20. The SMILES string of the molecule is CC.CCCCCN1CCC(OC)C1. The van der Waals surface area contributed by atoms with E-state index in [1.165, 1.54) is 38.8 Å². The number of rotatable bonds is 5. The van der Waals surface area contributed by atoms with Crippen LogP contribution >= 0.6 is 0 Å². The summed E-state index contributed by atoms with van der Waals surface area (Å²) in [6.07, 6.45) is 5.78. The molecule has 1 unspecified atom stereocenters. The number of hydrogen-bond acceptors (Lipinski definition) is 2. The van der Waals surface area contributed by atoms with Gasteiger partial charge in [-0.1, -0.05) is 33.6 Å². The van der Waals surface area contributed by atoms with Crippen molar-refractivity contribution in [3.05, 3.63) is 0 Å². The Balaban J connectivity index is 0.000000791. The van der Waals surface area contributed by atoms with Crippen molar-refractivity contribution >= 4 is 0 Å². The first kappa shape index (κ1) is 13.9. The summed E-state index contributed by atoms with van der Waals surface area (Å²) in [5, 5.41) is 0. The molecule has 1 aliphatic rings. The van der Waals surface area contributed by atoms with Gasteiger partial charge in [-0.25, -0.2) is 0 Å². The van der Waals surface area contributed by atoms with Crippen molar-refractivity contribution in [1.82, 2.24) is 4.90 Å². The zero-order valence-electron chi connectivity index (χ0n) is 10.4. The number of unbranched alkanes of at least 4 members (excludes halogenated alkanes) is 2. The number of hydrogen-bond donors (Lipinski definition) is 0. The molecule has 1 aliphatic heterocycles. The number of methoxy groups -OCH3 is 1. The minimum absolute atomic E-state index is 0.506. The molecule has 0 aromatic heterocycles. The highest BCUT2D eigenvalue weighted by Crippen LogP contribution is 2.12. The summed E-state index contributed by atoms with van der Waals surface area (Å²) in [5.74, 6) is 0. The molecule has 1 fully saturated rings. The second kappa shape index (κ2) is 9.47. The largest absolute Gasteiger partial charge is 0.380 e. The van der Waals surface area contributed by atoms with Crippen molar-refractivity contribution in [2.45, 2.75) is 52.6 Å². The van der Waals surface area contributed by atoms with Gasteiger partial charge in [0.2, 0.25) is 0 Å². The molecule has 0 spiro atoms. The van der Waals surface area contributed by atoms with E-state index in [4.69, 9.17) is 4.74 Å². The van der Waals surface area contributed by atoms with Crippen molar-refractivity contribution in [2.24, 2.45) is 0 Å². The quantitative estimate of drug-likeness (QED) is 0.634. The van der Waals surface area contributed by atoms with E-state index in [0.717, 1.165) is 6.54 Å². The molecule has 0 aromatic carbocycles. The van der Waals surface area contributed by atoms with Gasteiger partial charge >= 0.3 is 0 Å². The molecule has 0 saturated carbocycles. The van der Waals surface area contributed by atoms with Crippen LogP contribution < -0.4 is 0 Å². The highest BCUT2D eigenvalue weighted by atomic mass is 16.5. The first-order valence-corrected chi connectivity index (χ1v) is 6.12. The monoisotopic (exact) mass is 201 g/mol. The lowest BCUT2D eigenvalue weighted by atomic mass is 10.2. The molecule has 0 bridgehead atoms. The highest BCUT2D eigenvalue weighted by molar-refractivity contribution is 4.75. The van der Waals surface area contributed by atoms with E-state index in [0.29, 0.717) is 6.10 Å². The van der Waals surface area contributed by atoms with Crippen LogP contribution in [0.1, 0.15) is 46.5 Å². The van der Waals surface area contributed by atoms with Crippen LogP contribution in [0.15, 0.2) is 0 Å². The van der Waals surface area contributed by atoms with Gasteiger partial charge in [-0.05, 0) is 19.4 Å². The minimum atomic E-state index is 0.506. The van der Waals surface area contributed by atoms with E-state index < -0.39 is 0 Å². The normalized spacial score (nSPS) is 21.9. The Morgan fingerprint density at radius 2 is 2.00 bits per heavy atom. The van der Waals surface area contributed by atoms with Crippen LogP contribution in [0.5, 0.6) is 0 Å². The van der Waals surface area contributed by atoms with Crippen LogP contribution in [-0.4, -0.2) is 37.7 Å². The van der Waals surface area contributed by atoms with Gasteiger partial charge in [-0.15, -0.1) is 0 Å². The van der Waals surface area contributed by atoms with E-state index >= 15 is 0 Å². The molecule has 1 saturated heterocycles. The molecule has 0 amide bonds. The van der Waals surface area contributed by atoms with Crippen molar-refractivity contribution < 1.29 is 4.74 Å². The first-order chi connectivity index (χ1) is 6.86. The zero-order chi connectivity index (χ0) is 10.8. The van der Waals surface area contributed by atoms with E-state index in [1.54, 1.807) is 0 Å². The standard InChI is InChI=1S/C10H21NO.C2H6/c1-3-4-5-7-11-8-6-10(9-11)12-2;1-2/h10H,3-9H2,1-2H3;1-2H3. The van der Waals surface area contributed by atoms with Gasteiger partial charge in [0, 0.05) is 20.2 Å². The van der Waals surface area contributed by atoms with Crippen molar-refractivity contribution in [3.63, 3.8) is 0 Å². The third-order valence-corrected chi connectivity index (χ3v) is 2.64. The molecule has 0 N–H and O–H groups in total. The lowest BCUT2D eigenvalue weighted by Gasteiger charge is -2.14. The average Bonchev–Trinajstić information content (AvgIpc) is 2.69. The fourth-order valence-electron chi connectivity index (χ4n) is 1.78. The van der Waals surface area contributed by atoms with Gasteiger partial charge < -0.3 is 9.64 Å². The Bertz CT molecular complexity index is 117. The van der Waals surface area contributed by atoms with Crippen LogP contribution in [0.3, 0.4) is 0 Å². The van der Waals surface area contributed by atoms with E-state index in [1.807, 2.05) is 21.0 Å². The van der Waals surface area contributed by atoms with Crippen LogP contribution in [0.4, 0.5) is 0 Å². The summed E-state index contributed by atoms with van der Waals surface area (Å²) < 4.78 is 5.31. The third kappa shape index (κ3) is 5.61. The maximum Gasteiger partial charge on any atom is 0.0710 e. The molecule has 0 radical (unpaired) electrons. The first-order valence-electron chi connectivity index (χ1n) is 6.12. The molecule has 0 aromatic rings. The molecule has 1 atom stereocenters. The molecular formula is C12H27NO. The van der Waals surface area contributed by atoms with Gasteiger partial charge in [0.15, 0.2) is 0 Å². The maximum absolute atomic E-state index is 5.31. The molecule has 86 valence electrons. The van der Waals surface area contributed by atoms with E-state index in [-0.39, 0.29) is 0 Å². The Hall–Kier alpha value is -0.0800. The van der Waals surface area contributed by atoms with Gasteiger partial charge in [0.1, 0.15) is 0 Å². The molecule has 2 nitrogen and oxygen atoms in total. The van der Waals surface area contributed by atoms with Crippen LogP contribution in [-0.2, 0) is 4.74 Å². The van der Waals surface area contributed by atoms with E-state index in [2.05, 4.69) is 11.8 Å². The van der Waals surface area contributed by atoms with Crippen molar-refractivity contribution in [2.75, 3.05) is 26.7 Å². The van der Waals surface area contributed by atoms with Gasteiger partial charge in [0.25, 0.3) is 0 Å². The summed E-state index contributed by atoms with van der Waals surface area (Å²) in [6, 6.07) is 0. The van der Waals surface area contributed by atoms with Gasteiger partial charge in [-0.2, -0.15) is 0 Å². The smallest absolute Gasteiger partial charge is 0.0710 e. The number of likely N-dealkylation sites (tertiary alicyclic amines) is 1. The Kier molecular flexibility index (Phi) is 9.42. The fourth-order valence-corrected chi connectivity index (χ4v) is 1.78. The average molecular weight is 201 g/mol. The third-order valence-electron chi connectivity index (χ3n) is 2.64. The van der Waals surface area contributed by atoms with Gasteiger partial charge in [-0.3, -0.25) is 0 Å². The number of ether oxygens (including phenoxy) is 1. The second-order valence-corrected chi connectivity index (χ2v) is 3.65. The van der Waals surface area contributed by atoms with Crippen molar-refractivity contribution in [1.29, 1.82) is 0 Å². The molecular weight excluding hydrogens is 174 g/mol. The van der Waals surface area contributed by atoms with Crippen LogP contribution in [0.2, 0.25) is 0 Å². The molecule has 2 heteroatoms. The van der Waals surface area contributed by atoms with Crippen LogP contribution in [0.25, 0.3) is 0 Å². The number of nitrogens with zero attached hydrogens (tertiary/aromatic N) is 1. The topological polar surface area (TPSA) is 12.5 Å². The lowest BCUT2D eigenvalue weighted by Crippen LogP contribution is -2.23. The lowest BCUT2D eigenvalue weighted by molar-refractivity contribution is 0.108. The zero-order valence-corrected chi connectivity index (χ0v) is 10.4. The predicted octanol–water partition coefficient (Wildman–Crippen LogP) is 2.92. The summed E-state index contributed by atoms with van der Waals surface area (Å²) in [4.78, 5) is 2.52. The Labute approximate surface area is 89.6 Å². The Morgan fingerprint density at radius 1 is 1.29 bits per heavy atom. The molecule has 1 heterocycles. The second-order valence-electron chi connectivity index (χ2n) is 3.65. The summed E-state index contributed by atoms with van der Waals surface area (Å²) in [6.45, 7) is 9.91. The van der Waals surface area contributed by atoms with E-state index in [9.17, 15) is 0 Å². The summed E-state index contributed by atoms with van der Waals surface area (Å²) in [7, 11) is 1.82. The molecule has 14 heavy (non-hydrogen) atoms. The maximum atomic E-state index is 5.31. The van der Waals surface area contributed by atoms with Crippen molar-refractivity contribution in [3.8, 4) is 0 Å². The van der Waals surface area contributed by atoms with Gasteiger partial charge in [0.05, 0.1) is 6.10 Å².